The zero-order valence-corrected chi connectivity index (χ0v) is 17.1. The second-order valence-electron chi connectivity index (χ2n) is 6.17. The number of aryl methyl sites for hydroxylation is 1. The first-order chi connectivity index (χ1) is 13.5. The second-order valence-corrected chi connectivity index (χ2v) is 7.01. The van der Waals surface area contributed by atoms with E-state index in [9.17, 15) is 0 Å². The van der Waals surface area contributed by atoms with E-state index in [1.165, 1.54) is 5.56 Å². The maximum Gasteiger partial charge on any atom is 0.161 e. The lowest BCUT2D eigenvalue weighted by Crippen LogP contribution is -1.99. The third kappa shape index (κ3) is 5.41. The molecule has 0 saturated carbocycles. The van der Waals surface area contributed by atoms with E-state index in [2.05, 4.69) is 10.5 Å². The maximum atomic E-state index is 6.19. The van der Waals surface area contributed by atoms with Crippen molar-refractivity contribution in [2.45, 2.75) is 13.5 Å². The molecule has 3 aromatic carbocycles. The van der Waals surface area contributed by atoms with Crippen molar-refractivity contribution in [1.82, 2.24) is 0 Å². The predicted octanol–water partition coefficient (Wildman–Crippen LogP) is 6.34. The summed E-state index contributed by atoms with van der Waals surface area (Å²) in [6, 6.07) is 18.9. The molecule has 4 nitrogen and oxygen atoms in total. The molecule has 0 atom stereocenters. The van der Waals surface area contributed by atoms with E-state index in [0.29, 0.717) is 28.2 Å². The maximum absolute atomic E-state index is 6.19. The minimum atomic E-state index is 0.314. The van der Waals surface area contributed by atoms with Crippen molar-refractivity contribution in [2.75, 3.05) is 12.5 Å². The van der Waals surface area contributed by atoms with Crippen molar-refractivity contribution < 1.29 is 9.47 Å². The van der Waals surface area contributed by atoms with E-state index in [1.54, 1.807) is 25.5 Å². The number of hydrogen-bond acceptors (Lipinski definition) is 4. The molecule has 0 bridgehead atoms. The molecule has 0 heterocycles. The molecule has 144 valence electrons. The third-order valence-electron chi connectivity index (χ3n) is 4.04. The number of nitrogens with one attached hydrogen (secondary N) is 1. The van der Waals surface area contributed by atoms with Crippen molar-refractivity contribution in [2.24, 2.45) is 5.10 Å². The van der Waals surface area contributed by atoms with Gasteiger partial charge in [0.15, 0.2) is 11.5 Å². The zero-order chi connectivity index (χ0) is 19.9. The molecule has 0 aliphatic heterocycles. The average Bonchev–Trinajstić information content (AvgIpc) is 2.69. The Balaban J connectivity index is 1.65. The molecule has 3 aromatic rings. The number of benzene rings is 3. The van der Waals surface area contributed by atoms with E-state index in [-0.39, 0.29) is 0 Å². The smallest absolute Gasteiger partial charge is 0.161 e. The quantitative estimate of drug-likeness (QED) is 0.362. The molecule has 0 aliphatic carbocycles. The Morgan fingerprint density at radius 3 is 2.46 bits per heavy atom. The largest absolute Gasteiger partial charge is 0.493 e. The number of anilines is 1. The summed E-state index contributed by atoms with van der Waals surface area (Å²) >= 11 is 12.1. The van der Waals surface area contributed by atoms with Crippen LogP contribution >= 0.6 is 23.2 Å². The van der Waals surface area contributed by atoms with Crippen LogP contribution in [0.2, 0.25) is 10.0 Å². The van der Waals surface area contributed by atoms with Crippen LogP contribution in [0.25, 0.3) is 0 Å². The van der Waals surface area contributed by atoms with Gasteiger partial charge in [0.25, 0.3) is 0 Å². The molecule has 0 aromatic heterocycles. The average molecular weight is 415 g/mol. The lowest BCUT2D eigenvalue weighted by molar-refractivity contribution is 0.284. The Morgan fingerprint density at radius 1 is 0.964 bits per heavy atom. The summed E-state index contributed by atoms with van der Waals surface area (Å²) in [5.41, 5.74) is 6.86. The number of hydrazone groups is 1. The molecular formula is C22H20Cl2N2O2. The van der Waals surface area contributed by atoms with Crippen LogP contribution in [0, 0.1) is 6.92 Å². The molecule has 6 heteroatoms. The van der Waals surface area contributed by atoms with Crippen LogP contribution < -0.4 is 14.9 Å². The lowest BCUT2D eigenvalue weighted by Gasteiger charge is -2.12. The highest BCUT2D eigenvalue weighted by atomic mass is 35.5. The molecule has 0 amide bonds. The monoisotopic (exact) mass is 414 g/mol. The number of rotatable bonds is 7. The van der Waals surface area contributed by atoms with Gasteiger partial charge < -0.3 is 9.47 Å². The van der Waals surface area contributed by atoms with E-state index in [0.717, 1.165) is 16.8 Å². The highest BCUT2D eigenvalue weighted by molar-refractivity contribution is 6.35. The standard InChI is InChI=1S/C22H20Cl2N2O2/c1-15-3-8-19(9-4-15)26-25-13-16-5-10-21(22(11-16)27-2)28-14-17-6-7-18(23)12-20(17)24/h3-13,26H,14H2,1-2H3/b25-13+. The molecule has 0 aliphatic rings. The van der Waals surface area contributed by atoms with Crippen molar-refractivity contribution in [1.29, 1.82) is 0 Å². The number of ether oxygens (including phenoxy) is 2. The van der Waals surface area contributed by atoms with Gasteiger partial charge >= 0.3 is 0 Å². The Morgan fingerprint density at radius 2 is 1.75 bits per heavy atom. The SMILES string of the molecule is COc1cc(/C=N/Nc2ccc(C)cc2)ccc1OCc1ccc(Cl)cc1Cl. The summed E-state index contributed by atoms with van der Waals surface area (Å²) in [6.07, 6.45) is 1.72. The number of methoxy groups -OCH3 is 1. The zero-order valence-electron chi connectivity index (χ0n) is 15.6. The van der Waals surface area contributed by atoms with Crippen molar-refractivity contribution >= 4 is 35.1 Å². The lowest BCUT2D eigenvalue weighted by atomic mass is 10.2. The molecule has 28 heavy (non-hydrogen) atoms. The van der Waals surface area contributed by atoms with Gasteiger partial charge in [-0.1, -0.05) is 47.0 Å². The van der Waals surface area contributed by atoms with E-state index in [4.69, 9.17) is 32.7 Å². The normalized spacial score (nSPS) is 10.9. The Kier molecular flexibility index (Phi) is 6.80. The summed E-state index contributed by atoms with van der Waals surface area (Å²) in [4.78, 5) is 0. The minimum absolute atomic E-state index is 0.314. The summed E-state index contributed by atoms with van der Waals surface area (Å²) in [5, 5.41) is 5.42. The summed E-state index contributed by atoms with van der Waals surface area (Å²) in [6.45, 7) is 2.36. The van der Waals surface area contributed by atoms with Crippen molar-refractivity contribution in [3.8, 4) is 11.5 Å². The molecule has 0 unspecified atom stereocenters. The Bertz CT molecular complexity index is 973. The predicted molar refractivity (Wildman–Crippen MR) is 116 cm³/mol. The fourth-order valence-corrected chi connectivity index (χ4v) is 2.95. The number of hydrogen-bond donors (Lipinski definition) is 1. The van der Waals surface area contributed by atoms with Gasteiger partial charge in [-0.25, -0.2) is 0 Å². The van der Waals surface area contributed by atoms with Gasteiger partial charge in [0.05, 0.1) is 19.0 Å². The molecule has 0 spiro atoms. The number of nitrogens with zero attached hydrogens (tertiary/aromatic N) is 1. The van der Waals surface area contributed by atoms with Gasteiger partial charge in [0, 0.05) is 15.6 Å². The molecule has 0 radical (unpaired) electrons. The first-order valence-corrected chi connectivity index (χ1v) is 9.41. The van der Waals surface area contributed by atoms with Crippen LogP contribution in [-0.2, 0) is 6.61 Å². The molecule has 0 saturated heterocycles. The van der Waals surface area contributed by atoms with Gasteiger partial charge in [0.1, 0.15) is 6.61 Å². The molecule has 3 rings (SSSR count). The van der Waals surface area contributed by atoms with Crippen LogP contribution in [0.3, 0.4) is 0 Å². The third-order valence-corrected chi connectivity index (χ3v) is 4.63. The first-order valence-electron chi connectivity index (χ1n) is 8.65. The van der Waals surface area contributed by atoms with Crippen molar-refractivity contribution in [3.05, 3.63) is 87.4 Å². The highest BCUT2D eigenvalue weighted by Gasteiger charge is 2.08. The first kappa shape index (κ1) is 20.1. The highest BCUT2D eigenvalue weighted by Crippen LogP contribution is 2.29. The summed E-state index contributed by atoms with van der Waals surface area (Å²) < 4.78 is 11.3. The van der Waals surface area contributed by atoms with Gasteiger partial charge in [-0.2, -0.15) is 5.10 Å². The topological polar surface area (TPSA) is 42.8 Å². The summed E-state index contributed by atoms with van der Waals surface area (Å²) in [5.74, 6) is 1.24. The van der Waals surface area contributed by atoms with Crippen LogP contribution in [0.4, 0.5) is 5.69 Å². The van der Waals surface area contributed by atoms with Crippen LogP contribution in [0.1, 0.15) is 16.7 Å². The second kappa shape index (κ2) is 9.49. The molecular weight excluding hydrogens is 395 g/mol. The fraction of sp³-hybridized carbons (Fsp3) is 0.136. The minimum Gasteiger partial charge on any atom is -0.493 e. The number of halogens is 2. The van der Waals surface area contributed by atoms with Gasteiger partial charge in [-0.3, -0.25) is 5.43 Å². The van der Waals surface area contributed by atoms with Crippen LogP contribution in [0.15, 0.2) is 65.8 Å². The van der Waals surface area contributed by atoms with Crippen LogP contribution in [0.5, 0.6) is 11.5 Å². The van der Waals surface area contributed by atoms with E-state index in [1.807, 2.05) is 55.5 Å². The van der Waals surface area contributed by atoms with Gasteiger partial charge in [0.2, 0.25) is 0 Å². The Labute approximate surface area is 174 Å². The summed E-state index contributed by atoms with van der Waals surface area (Å²) in [7, 11) is 1.60. The van der Waals surface area contributed by atoms with E-state index < -0.39 is 0 Å². The van der Waals surface area contributed by atoms with Crippen molar-refractivity contribution in [3.63, 3.8) is 0 Å². The fourth-order valence-electron chi connectivity index (χ4n) is 2.49. The van der Waals surface area contributed by atoms with E-state index >= 15 is 0 Å². The van der Waals surface area contributed by atoms with Gasteiger partial charge in [-0.05, 0) is 55.0 Å². The molecule has 1 N–H and O–H groups in total. The van der Waals surface area contributed by atoms with Gasteiger partial charge in [-0.15, -0.1) is 0 Å². The van der Waals surface area contributed by atoms with Crippen LogP contribution in [-0.4, -0.2) is 13.3 Å². The Hall–Kier alpha value is -2.69. The molecule has 0 fully saturated rings.